The van der Waals surface area contributed by atoms with Crippen LogP contribution in [0.1, 0.15) is 71.6 Å². The molecular formula is C17H31N3O2. The highest BCUT2D eigenvalue weighted by molar-refractivity contribution is 5.87. The number of amides is 3. The monoisotopic (exact) mass is 309 g/mol. The number of nitrogens with one attached hydrogen (secondary N) is 2. The van der Waals surface area contributed by atoms with E-state index in [1.807, 2.05) is 4.90 Å². The largest absolute Gasteiger partial charge is 0.338 e. The Balaban J connectivity index is 1.78. The van der Waals surface area contributed by atoms with Gasteiger partial charge in [-0.1, -0.05) is 25.7 Å². The van der Waals surface area contributed by atoms with E-state index in [1.54, 1.807) is 6.92 Å². The zero-order valence-electron chi connectivity index (χ0n) is 14.1. The van der Waals surface area contributed by atoms with Gasteiger partial charge in [-0.05, 0) is 46.0 Å². The Morgan fingerprint density at radius 3 is 2.27 bits per heavy atom. The van der Waals surface area contributed by atoms with Crippen LogP contribution in [0.4, 0.5) is 4.79 Å². The van der Waals surface area contributed by atoms with E-state index in [2.05, 4.69) is 17.6 Å². The Labute approximate surface area is 134 Å². The molecule has 0 aromatic carbocycles. The van der Waals surface area contributed by atoms with Crippen LogP contribution in [0.5, 0.6) is 0 Å². The third kappa shape index (κ3) is 4.89. The van der Waals surface area contributed by atoms with Crippen molar-refractivity contribution >= 4 is 11.9 Å². The van der Waals surface area contributed by atoms with E-state index < -0.39 is 6.04 Å². The first-order valence-corrected chi connectivity index (χ1v) is 8.95. The number of rotatable bonds is 3. The van der Waals surface area contributed by atoms with Crippen molar-refractivity contribution in [1.82, 2.24) is 15.5 Å². The smallest absolute Gasteiger partial charge is 0.315 e. The van der Waals surface area contributed by atoms with Gasteiger partial charge in [-0.25, -0.2) is 4.79 Å². The molecule has 1 aliphatic heterocycles. The topological polar surface area (TPSA) is 61.4 Å². The Bertz CT molecular complexity index is 378. The molecule has 1 heterocycles. The molecule has 5 heteroatoms. The number of nitrogens with zero attached hydrogens (tertiary/aromatic N) is 1. The molecule has 126 valence electrons. The molecule has 0 radical (unpaired) electrons. The van der Waals surface area contributed by atoms with Crippen LogP contribution < -0.4 is 10.6 Å². The van der Waals surface area contributed by atoms with Crippen LogP contribution in [0.15, 0.2) is 0 Å². The molecule has 1 saturated carbocycles. The Morgan fingerprint density at radius 1 is 1.00 bits per heavy atom. The van der Waals surface area contributed by atoms with Crippen LogP contribution in [-0.2, 0) is 4.79 Å². The summed E-state index contributed by atoms with van der Waals surface area (Å²) in [7, 11) is 0. The first kappa shape index (κ1) is 17.1. The van der Waals surface area contributed by atoms with Crippen molar-refractivity contribution < 1.29 is 9.59 Å². The highest BCUT2D eigenvalue weighted by Gasteiger charge is 2.28. The van der Waals surface area contributed by atoms with E-state index in [4.69, 9.17) is 0 Å². The number of carbonyl (C=O) groups is 2. The summed E-state index contributed by atoms with van der Waals surface area (Å²) in [6.45, 7) is 4.70. The quantitative estimate of drug-likeness (QED) is 0.788. The van der Waals surface area contributed by atoms with Crippen LogP contribution in [0.3, 0.4) is 0 Å². The lowest BCUT2D eigenvalue weighted by Gasteiger charge is -2.35. The summed E-state index contributed by atoms with van der Waals surface area (Å²) in [5.41, 5.74) is 0. The fraction of sp³-hybridized carbons (Fsp3) is 0.882. The Hall–Kier alpha value is -1.26. The molecule has 2 N–H and O–H groups in total. The normalized spacial score (nSPS) is 25.2. The lowest BCUT2D eigenvalue weighted by atomic mass is 10.0. The van der Waals surface area contributed by atoms with E-state index in [0.717, 1.165) is 32.2 Å². The van der Waals surface area contributed by atoms with Crippen molar-refractivity contribution in [1.29, 1.82) is 0 Å². The highest BCUT2D eigenvalue weighted by Crippen LogP contribution is 2.18. The third-order valence-electron chi connectivity index (χ3n) is 4.99. The fourth-order valence-corrected chi connectivity index (χ4v) is 3.58. The van der Waals surface area contributed by atoms with E-state index >= 15 is 0 Å². The Morgan fingerprint density at radius 2 is 1.64 bits per heavy atom. The van der Waals surface area contributed by atoms with Gasteiger partial charge in [0.2, 0.25) is 5.91 Å². The number of carbonyl (C=O) groups excluding carboxylic acids is 2. The van der Waals surface area contributed by atoms with Crippen molar-refractivity contribution in [2.75, 3.05) is 6.54 Å². The standard InChI is InChI=1S/C17H31N3O2/c1-13-9-7-8-12-20(13)16(21)14(2)18-17(22)19-15-10-5-3-4-6-11-15/h13-15H,3-12H2,1-2H3,(H2,18,19,22)/t13-,14+/m0/s1. The van der Waals surface area contributed by atoms with E-state index in [9.17, 15) is 9.59 Å². The second-order valence-electron chi connectivity index (χ2n) is 6.90. The maximum atomic E-state index is 12.5. The second kappa shape index (κ2) is 8.39. The molecule has 0 aromatic heterocycles. The van der Waals surface area contributed by atoms with Crippen molar-refractivity contribution in [3.63, 3.8) is 0 Å². The van der Waals surface area contributed by atoms with E-state index in [-0.39, 0.29) is 24.0 Å². The fourth-order valence-electron chi connectivity index (χ4n) is 3.58. The maximum Gasteiger partial charge on any atom is 0.315 e. The molecule has 1 saturated heterocycles. The van der Waals surface area contributed by atoms with Crippen LogP contribution in [-0.4, -0.2) is 41.5 Å². The molecule has 0 unspecified atom stereocenters. The molecule has 3 amide bonds. The number of hydrogen-bond donors (Lipinski definition) is 2. The molecule has 5 nitrogen and oxygen atoms in total. The number of urea groups is 1. The van der Waals surface area contributed by atoms with Crippen molar-refractivity contribution in [2.45, 2.75) is 89.8 Å². The zero-order valence-corrected chi connectivity index (χ0v) is 14.1. The van der Waals surface area contributed by atoms with Gasteiger partial charge in [-0.3, -0.25) is 4.79 Å². The highest BCUT2D eigenvalue weighted by atomic mass is 16.2. The number of piperidine rings is 1. The summed E-state index contributed by atoms with van der Waals surface area (Å²) in [6, 6.07) is -0.0992. The van der Waals surface area contributed by atoms with Crippen LogP contribution >= 0.6 is 0 Å². The van der Waals surface area contributed by atoms with Gasteiger partial charge in [0.1, 0.15) is 6.04 Å². The molecule has 0 aromatic rings. The molecule has 2 rings (SSSR count). The molecule has 0 spiro atoms. The predicted molar refractivity (Wildman–Crippen MR) is 87.6 cm³/mol. The van der Waals surface area contributed by atoms with Gasteiger partial charge >= 0.3 is 6.03 Å². The lowest BCUT2D eigenvalue weighted by molar-refractivity contribution is -0.136. The van der Waals surface area contributed by atoms with Crippen molar-refractivity contribution in [3.05, 3.63) is 0 Å². The summed E-state index contributed by atoms with van der Waals surface area (Å²) in [6.07, 6.45) is 10.3. The van der Waals surface area contributed by atoms with Crippen LogP contribution in [0.25, 0.3) is 0 Å². The molecule has 1 aliphatic carbocycles. The van der Waals surface area contributed by atoms with Gasteiger partial charge in [-0.15, -0.1) is 0 Å². The maximum absolute atomic E-state index is 12.5. The van der Waals surface area contributed by atoms with Gasteiger partial charge in [-0.2, -0.15) is 0 Å². The van der Waals surface area contributed by atoms with Gasteiger partial charge in [0.15, 0.2) is 0 Å². The van der Waals surface area contributed by atoms with E-state index in [0.29, 0.717) is 0 Å². The molecule has 2 atom stereocenters. The number of likely N-dealkylation sites (tertiary alicyclic amines) is 1. The molecule has 2 fully saturated rings. The first-order chi connectivity index (χ1) is 10.6. The van der Waals surface area contributed by atoms with Crippen molar-refractivity contribution in [3.8, 4) is 0 Å². The van der Waals surface area contributed by atoms with Gasteiger partial charge < -0.3 is 15.5 Å². The summed E-state index contributed by atoms with van der Waals surface area (Å²) in [5, 5.41) is 5.86. The third-order valence-corrected chi connectivity index (χ3v) is 4.99. The van der Waals surface area contributed by atoms with Gasteiger partial charge in [0, 0.05) is 18.6 Å². The first-order valence-electron chi connectivity index (χ1n) is 8.95. The van der Waals surface area contributed by atoms with Crippen LogP contribution in [0.2, 0.25) is 0 Å². The minimum Gasteiger partial charge on any atom is -0.338 e. The summed E-state index contributed by atoms with van der Waals surface area (Å²) >= 11 is 0. The predicted octanol–water partition coefficient (Wildman–Crippen LogP) is 2.80. The number of hydrogen-bond acceptors (Lipinski definition) is 2. The summed E-state index contributed by atoms with van der Waals surface area (Å²) in [5.74, 6) is 0.0446. The average Bonchev–Trinajstić information content (AvgIpc) is 2.75. The second-order valence-corrected chi connectivity index (χ2v) is 6.90. The Kier molecular flexibility index (Phi) is 6.52. The zero-order chi connectivity index (χ0) is 15.9. The summed E-state index contributed by atoms with van der Waals surface area (Å²) in [4.78, 5) is 26.5. The minimum absolute atomic E-state index is 0.0446. The lowest BCUT2D eigenvalue weighted by Crippen LogP contribution is -2.54. The summed E-state index contributed by atoms with van der Waals surface area (Å²) < 4.78 is 0. The average molecular weight is 309 g/mol. The molecular weight excluding hydrogens is 278 g/mol. The van der Waals surface area contributed by atoms with E-state index in [1.165, 1.54) is 32.1 Å². The van der Waals surface area contributed by atoms with Crippen molar-refractivity contribution in [2.24, 2.45) is 0 Å². The van der Waals surface area contributed by atoms with Gasteiger partial charge in [0.25, 0.3) is 0 Å². The molecule has 2 aliphatic rings. The SMILES string of the molecule is C[C@@H](NC(=O)NC1CCCCCC1)C(=O)N1CCCC[C@@H]1C. The molecule has 0 bridgehead atoms. The van der Waals surface area contributed by atoms with Gasteiger partial charge in [0.05, 0.1) is 0 Å². The minimum atomic E-state index is -0.452. The van der Waals surface area contributed by atoms with Crippen LogP contribution in [0, 0.1) is 0 Å². The molecule has 22 heavy (non-hydrogen) atoms.